The second-order valence-corrected chi connectivity index (χ2v) is 12.3. The van der Waals surface area contributed by atoms with Crippen LogP contribution in [-0.2, 0) is 15.8 Å². The van der Waals surface area contributed by atoms with E-state index in [9.17, 15) is 0 Å². The van der Waals surface area contributed by atoms with E-state index in [1.807, 2.05) is 24.3 Å². The van der Waals surface area contributed by atoms with Crippen LogP contribution in [0.1, 0.15) is 32.8 Å². The van der Waals surface area contributed by atoms with E-state index < -0.39 is 8.32 Å². The molecule has 23 heavy (non-hydrogen) atoms. The topological polar surface area (TPSA) is 27.7 Å². The van der Waals surface area contributed by atoms with Crippen LogP contribution in [0.2, 0.25) is 18.1 Å². The smallest absolute Gasteiger partial charge is 0.192 e. The fourth-order valence-corrected chi connectivity index (χ4v) is 2.70. The molecule has 0 amide bonds. The van der Waals surface area contributed by atoms with Crippen LogP contribution >= 0.6 is 0 Å². The number of hydrogen-bond donors (Lipinski definition) is 0. The van der Waals surface area contributed by atoms with E-state index in [0.29, 0.717) is 19.8 Å². The summed E-state index contributed by atoms with van der Waals surface area (Å²) in [7, 11) is -0.0208. The van der Waals surface area contributed by atoms with Gasteiger partial charge >= 0.3 is 0 Å². The summed E-state index contributed by atoms with van der Waals surface area (Å²) >= 11 is 0. The number of rotatable bonds is 9. The Morgan fingerprint density at radius 2 is 1.74 bits per heavy atom. The van der Waals surface area contributed by atoms with Gasteiger partial charge in [-0.15, -0.1) is 0 Å². The molecule has 4 heteroatoms. The fourth-order valence-electron chi connectivity index (χ4n) is 1.70. The lowest BCUT2D eigenvalue weighted by molar-refractivity contribution is 0.122. The fraction of sp³-hybridized carbons (Fsp3) is 0.579. The van der Waals surface area contributed by atoms with E-state index in [0.717, 1.165) is 23.3 Å². The summed E-state index contributed by atoms with van der Waals surface area (Å²) in [5.41, 5.74) is 2.25. The highest BCUT2D eigenvalue weighted by molar-refractivity contribution is 6.74. The third-order valence-electron chi connectivity index (χ3n) is 4.47. The van der Waals surface area contributed by atoms with Crippen molar-refractivity contribution >= 4 is 8.32 Å². The molecule has 0 saturated heterocycles. The van der Waals surface area contributed by atoms with Crippen LogP contribution in [0.5, 0.6) is 5.75 Å². The van der Waals surface area contributed by atoms with Crippen molar-refractivity contribution in [2.24, 2.45) is 0 Å². The monoisotopic (exact) mass is 336 g/mol. The molecule has 0 saturated carbocycles. The highest BCUT2D eigenvalue weighted by Gasteiger charge is 2.36. The van der Waals surface area contributed by atoms with Crippen molar-refractivity contribution in [3.63, 3.8) is 0 Å². The van der Waals surface area contributed by atoms with Crippen LogP contribution in [0.15, 0.2) is 36.4 Å². The van der Waals surface area contributed by atoms with Gasteiger partial charge in [0.25, 0.3) is 0 Å². The summed E-state index contributed by atoms with van der Waals surface area (Å²) in [6.07, 6.45) is 0.838. The van der Waals surface area contributed by atoms with Gasteiger partial charge in [0, 0.05) is 0 Å². The molecule has 0 aliphatic carbocycles. The lowest BCUT2D eigenvalue weighted by Crippen LogP contribution is -2.41. The maximum atomic E-state index is 6.17. The Balaban J connectivity index is 2.24. The largest absolute Gasteiger partial charge is 0.497 e. The van der Waals surface area contributed by atoms with Crippen molar-refractivity contribution in [2.45, 2.75) is 51.9 Å². The molecule has 3 nitrogen and oxygen atoms in total. The zero-order chi connectivity index (χ0) is 17.5. The Labute approximate surface area is 142 Å². The lowest BCUT2D eigenvalue weighted by Gasteiger charge is -2.36. The third-order valence-corrected chi connectivity index (χ3v) is 8.95. The van der Waals surface area contributed by atoms with Crippen molar-refractivity contribution in [1.82, 2.24) is 0 Å². The lowest BCUT2D eigenvalue weighted by atomic mass is 10.2. The molecule has 1 aromatic carbocycles. The highest BCUT2D eigenvalue weighted by Crippen LogP contribution is 2.36. The van der Waals surface area contributed by atoms with Crippen molar-refractivity contribution in [3.05, 3.63) is 42.0 Å². The molecule has 1 rings (SSSR count). The minimum atomic E-state index is -1.69. The van der Waals surface area contributed by atoms with Crippen LogP contribution in [0.25, 0.3) is 0 Å². The van der Waals surface area contributed by atoms with E-state index in [-0.39, 0.29) is 5.04 Å². The molecular formula is C19H32O3Si. The SMILES string of the molecule is C=C(CCOCc1ccc(OC)cc1)CO[Si](C)(C)C(C)(C)C. The molecule has 0 radical (unpaired) electrons. The molecule has 0 bridgehead atoms. The predicted molar refractivity (Wildman–Crippen MR) is 99.6 cm³/mol. The summed E-state index contributed by atoms with van der Waals surface area (Å²) in [4.78, 5) is 0. The number of ether oxygens (including phenoxy) is 2. The molecule has 0 atom stereocenters. The highest BCUT2D eigenvalue weighted by atomic mass is 28.4. The summed E-state index contributed by atoms with van der Waals surface area (Å²) in [6, 6.07) is 7.94. The van der Waals surface area contributed by atoms with E-state index in [2.05, 4.69) is 40.4 Å². The molecule has 0 fully saturated rings. The molecule has 1 aromatic rings. The molecule has 0 heterocycles. The van der Waals surface area contributed by atoms with Crippen molar-refractivity contribution in [1.29, 1.82) is 0 Å². The van der Waals surface area contributed by atoms with Gasteiger partial charge in [-0.1, -0.05) is 45.1 Å². The van der Waals surface area contributed by atoms with Gasteiger partial charge in [-0.2, -0.15) is 0 Å². The van der Waals surface area contributed by atoms with Gasteiger partial charge in [0.2, 0.25) is 0 Å². The maximum absolute atomic E-state index is 6.17. The average Bonchev–Trinajstić information content (AvgIpc) is 2.49. The van der Waals surface area contributed by atoms with Gasteiger partial charge in [-0.3, -0.25) is 0 Å². The van der Waals surface area contributed by atoms with Crippen molar-refractivity contribution < 1.29 is 13.9 Å². The van der Waals surface area contributed by atoms with E-state index in [4.69, 9.17) is 13.9 Å². The van der Waals surface area contributed by atoms with Crippen LogP contribution in [0.3, 0.4) is 0 Å². The normalized spacial score (nSPS) is 12.3. The quantitative estimate of drug-likeness (QED) is 0.353. The van der Waals surface area contributed by atoms with Gasteiger partial charge in [-0.25, -0.2) is 0 Å². The molecule has 0 aromatic heterocycles. The van der Waals surface area contributed by atoms with E-state index in [1.54, 1.807) is 7.11 Å². The molecule has 0 unspecified atom stereocenters. The van der Waals surface area contributed by atoms with E-state index >= 15 is 0 Å². The predicted octanol–water partition coefficient (Wildman–Crippen LogP) is 5.18. The summed E-state index contributed by atoms with van der Waals surface area (Å²) in [5, 5.41) is 0.234. The van der Waals surface area contributed by atoms with Crippen LogP contribution in [0.4, 0.5) is 0 Å². The molecular weight excluding hydrogens is 304 g/mol. The molecule has 0 aliphatic heterocycles. The van der Waals surface area contributed by atoms with Crippen LogP contribution in [-0.4, -0.2) is 28.6 Å². The zero-order valence-electron chi connectivity index (χ0n) is 15.6. The van der Waals surface area contributed by atoms with Gasteiger partial charge in [-0.05, 0) is 42.2 Å². The summed E-state index contributed by atoms with van der Waals surface area (Å²) < 4.78 is 17.0. The van der Waals surface area contributed by atoms with Gasteiger partial charge in [0.05, 0.1) is 26.9 Å². The first-order valence-corrected chi connectivity index (χ1v) is 11.1. The first-order chi connectivity index (χ1) is 10.7. The second kappa shape index (κ2) is 8.67. The Hall–Kier alpha value is -1.10. The first kappa shape index (κ1) is 19.9. The van der Waals surface area contributed by atoms with Gasteiger partial charge in [0.15, 0.2) is 8.32 Å². The Morgan fingerprint density at radius 3 is 2.26 bits per heavy atom. The van der Waals surface area contributed by atoms with E-state index in [1.165, 1.54) is 0 Å². The van der Waals surface area contributed by atoms with Crippen molar-refractivity contribution in [2.75, 3.05) is 20.3 Å². The summed E-state index contributed by atoms with van der Waals surface area (Å²) in [5.74, 6) is 0.866. The number of hydrogen-bond acceptors (Lipinski definition) is 3. The average molecular weight is 337 g/mol. The maximum Gasteiger partial charge on any atom is 0.192 e. The summed E-state index contributed by atoms with van der Waals surface area (Å²) in [6.45, 7) is 17.3. The molecule has 0 aliphatic rings. The zero-order valence-corrected chi connectivity index (χ0v) is 16.6. The molecule has 0 spiro atoms. The Kier molecular flexibility index (Phi) is 7.51. The minimum Gasteiger partial charge on any atom is -0.497 e. The van der Waals surface area contributed by atoms with Crippen LogP contribution < -0.4 is 4.74 Å². The second-order valence-electron chi connectivity index (χ2n) is 7.45. The number of benzene rings is 1. The van der Waals surface area contributed by atoms with Crippen molar-refractivity contribution in [3.8, 4) is 5.75 Å². The molecule has 130 valence electrons. The minimum absolute atomic E-state index is 0.234. The number of methoxy groups -OCH3 is 1. The van der Waals surface area contributed by atoms with Gasteiger partial charge in [0.1, 0.15) is 5.75 Å². The Morgan fingerprint density at radius 1 is 1.13 bits per heavy atom. The first-order valence-electron chi connectivity index (χ1n) is 8.17. The Bertz CT molecular complexity index is 486. The standard InChI is InChI=1S/C19H32O3Si/c1-16(14-22-23(6,7)19(2,3)4)12-13-21-15-17-8-10-18(20-5)11-9-17/h8-11H,1,12-15H2,2-7H3. The molecule has 0 N–H and O–H groups in total. The third kappa shape index (κ3) is 6.90. The van der Waals surface area contributed by atoms with Gasteiger partial charge < -0.3 is 13.9 Å². The van der Waals surface area contributed by atoms with Crippen LogP contribution in [0, 0.1) is 0 Å².